The van der Waals surface area contributed by atoms with E-state index in [1.165, 1.54) is 0 Å². The molecule has 0 saturated heterocycles. The molecule has 2 aromatic rings. The standard InChI is InChI=1S/C22H24N2O4/c1-13(2)15-5-3-4-6-18(15)24-22(26)17-10-16(17)21(25)23-11-14-7-8-19-20(9-14)28-12-27-19/h3-9,13,16-17H,10-12H2,1-2H3,(H,23,25)(H,24,26). The number of ether oxygens (including phenoxy) is 2. The van der Waals surface area contributed by atoms with Gasteiger partial charge in [-0.1, -0.05) is 38.1 Å². The predicted octanol–water partition coefficient (Wildman–Crippen LogP) is 3.43. The van der Waals surface area contributed by atoms with Gasteiger partial charge in [0.2, 0.25) is 18.6 Å². The first kappa shape index (κ1) is 18.3. The van der Waals surface area contributed by atoms with Gasteiger partial charge in [-0.3, -0.25) is 9.59 Å². The fourth-order valence-electron chi connectivity index (χ4n) is 3.49. The Bertz CT molecular complexity index is 909. The second kappa shape index (κ2) is 7.54. The molecule has 0 bridgehead atoms. The van der Waals surface area contributed by atoms with Crippen molar-refractivity contribution >= 4 is 17.5 Å². The minimum absolute atomic E-state index is 0.0867. The zero-order valence-electron chi connectivity index (χ0n) is 16.0. The molecule has 2 aliphatic rings. The Hall–Kier alpha value is -3.02. The van der Waals surface area contributed by atoms with Crippen molar-refractivity contribution in [3.63, 3.8) is 0 Å². The smallest absolute Gasteiger partial charge is 0.231 e. The van der Waals surface area contributed by atoms with Gasteiger partial charge in [0.1, 0.15) is 0 Å². The average molecular weight is 380 g/mol. The van der Waals surface area contributed by atoms with E-state index < -0.39 is 0 Å². The molecule has 2 atom stereocenters. The zero-order valence-corrected chi connectivity index (χ0v) is 16.0. The first-order chi connectivity index (χ1) is 13.5. The Kier molecular flexibility index (Phi) is 4.94. The number of amides is 2. The monoisotopic (exact) mass is 380 g/mol. The fraction of sp³-hybridized carbons (Fsp3) is 0.364. The van der Waals surface area contributed by atoms with Gasteiger partial charge in [0, 0.05) is 12.2 Å². The van der Waals surface area contributed by atoms with Crippen molar-refractivity contribution in [2.75, 3.05) is 12.1 Å². The topological polar surface area (TPSA) is 76.7 Å². The summed E-state index contributed by atoms with van der Waals surface area (Å²) in [5.74, 6) is 1.02. The summed E-state index contributed by atoms with van der Waals surface area (Å²) in [6, 6.07) is 13.4. The third kappa shape index (κ3) is 3.81. The molecule has 2 unspecified atom stereocenters. The second-order valence-electron chi connectivity index (χ2n) is 7.59. The lowest BCUT2D eigenvalue weighted by Crippen LogP contribution is -2.27. The molecule has 4 rings (SSSR count). The molecular formula is C22H24N2O4. The third-order valence-electron chi connectivity index (χ3n) is 5.21. The quantitative estimate of drug-likeness (QED) is 0.805. The number of nitrogens with one attached hydrogen (secondary N) is 2. The minimum atomic E-state index is -0.267. The Morgan fingerprint density at radius 1 is 1.04 bits per heavy atom. The van der Waals surface area contributed by atoms with Crippen molar-refractivity contribution < 1.29 is 19.1 Å². The molecule has 1 fully saturated rings. The Morgan fingerprint density at radius 2 is 1.79 bits per heavy atom. The molecule has 2 amide bonds. The van der Waals surface area contributed by atoms with E-state index in [1.807, 2.05) is 42.5 Å². The van der Waals surface area contributed by atoms with Gasteiger partial charge < -0.3 is 20.1 Å². The molecule has 28 heavy (non-hydrogen) atoms. The molecule has 0 spiro atoms. The summed E-state index contributed by atoms with van der Waals surface area (Å²) in [6.45, 7) is 4.81. The number of hydrogen-bond acceptors (Lipinski definition) is 4. The SMILES string of the molecule is CC(C)c1ccccc1NC(=O)C1CC1C(=O)NCc1ccc2c(c1)OCO2. The maximum absolute atomic E-state index is 12.5. The van der Waals surface area contributed by atoms with Gasteiger partial charge in [-0.25, -0.2) is 0 Å². The molecule has 2 aromatic carbocycles. The molecule has 2 N–H and O–H groups in total. The van der Waals surface area contributed by atoms with Crippen LogP contribution in [0.5, 0.6) is 11.5 Å². The molecule has 1 aliphatic carbocycles. The molecule has 6 heteroatoms. The maximum atomic E-state index is 12.5. The number of anilines is 1. The van der Waals surface area contributed by atoms with E-state index in [2.05, 4.69) is 24.5 Å². The van der Waals surface area contributed by atoms with Gasteiger partial charge in [-0.15, -0.1) is 0 Å². The lowest BCUT2D eigenvalue weighted by atomic mass is 10.0. The molecule has 6 nitrogen and oxygen atoms in total. The van der Waals surface area contributed by atoms with Crippen LogP contribution >= 0.6 is 0 Å². The molecule has 0 radical (unpaired) electrons. The van der Waals surface area contributed by atoms with Gasteiger partial charge in [0.15, 0.2) is 11.5 Å². The van der Waals surface area contributed by atoms with Crippen LogP contribution in [0.2, 0.25) is 0 Å². The van der Waals surface area contributed by atoms with Crippen LogP contribution in [0.3, 0.4) is 0 Å². The number of carbonyl (C=O) groups is 2. The highest BCUT2D eigenvalue weighted by Gasteiger charge is 2.48. The van der Waals surface area contributed by atoms with Crippen molar-refractivity contribution in [3.8, 4) is 11.5 Å². The van der Waals surface area contributed by atoms with Crippen LogP contribution < -0.4 is 20.1 Å². The molecular weight excluding hydrogens is 356 g/mol. The van der Waals surface area contributed by atoms with Gasteiger partial charge >= 0.3 is 0 Å². The number of para-hydroxylation sites is 1. The van der Waals surface area contributed by atoms with Gasteiger partial charge in [0.05, 0.1) is 11.8 Å². The van der Waals surface area contributed by atoms with Crippen molar-refractivity contribution in [2.24, 2.45) is 11.8 Å². The highest BCUT2D eigenvalue weighted by molar-refractivity contribution is 6.00. The third-order valence-corrected chi connectivity index (χ3v) is 5.21. The molecule has 1 saturated carbocycles. The molecule has 1 heterocycles. The Morgan fingerprint density at radius 3 is 2.61 bits per heavy atom. The molecule has 1 aliphatic heterocycles. The second-order valence-corrected chi connectivity index (χ2v) is 7.59. The summed E-state index contributed by atoms with van der Waals surface area (Å²) >= 11 is 0. The van der Waals surface area contributed by atoms with E-state index in [4.69, 9.17) is 9.47 Å². The maximum Gasteiger partial charge on any atom is 0.231 e. The number of hydrogen-bond donors (Lipinski definition) is 2. The van der Waals surface area contributed by atoms with E-state index >= 15 is 0 Å². The number of fused-ring (bicyclic) bond motifs is 1. The van der Waals surface area contributed by atoms with Crippen LogP contribution in [0, 0.1) is 11.8 Å². The van der Waals surface area contributed by atoms with Crippen LogP contribution in [-0.2, 0) is 16.1 Å². The van der Waals surface area contributed by atoms with Crippen LogP contribution in [0.4, 0.5) is 5.69 Å². The van der Waals surface area contributed by atoms with Crippen molar-refractivity contribution in [1.29, 1.82) is 0 Å². The first-order valence-corrected chi connectivity index (χ1v) is 9.59. The lowest BCUT2D eigenvalue weighted by molar-refractivity contribution is -0.125. The van der Waals surface area contributed by atoms with Crippen LogP contribution in [-0.4, -0.2) is 18.6 Å². The number of carbonyl (C=O) groups excluding carboxylic acids is 2. The van der Waals surface area contributed by atoms with E-state index in [0.717, 1.165) is 22.6 Å². The largest absolute Gasteiger partial charge is 0.454 e. The van der Waals surface area contributed by atoms with E-state index in [1.54, 1.807) is 0 Å². The van der Waals surface area contributed by atoms with Crippen molar-refractivity contribution in [3.05, 3.63) is 53.6 Å². The summed E-state index contributed by atoms with van der Waals surface area (Å²) < 4.78 is 10.6. The van der Waals surface area contributed by atoms with Gasteiger partial charge in [-0.05, 0) is 41.7 Å². The fourth-order valence-corrected chi connectivity index (χ4v) is 3.49. The zero-order chi connectivity index (χ0) is 19.7. The Labute approximate surface area is 164 Å². The van der Waals surface area contributed by atoms with Gasteiger partial charge in [0.25, 0.3) is 0 Å². The number of benzene rings is 2. The number of rotatable bonds is 6. The summed E-state index contributed by atoms with van der Waals surface area (Å²) in [6.07, 6.45) is 0.586. The minimum Gasteiger partial charge on any atom is -0.454 e. The summed E-state index contributed by atoms with van der Waals surface area (Å²) in [4.78, 5) is 25.0. The predicted molar refractivity (Wildman–Crippen MR) is 105 cm³/mol. The van der Waals surface area contributed by atoms with Gasteiger partial charge in [-0.2, -0.15) is 0 Å². The molecule has 0 aromatic heterocycles. The summed E-state index contributed by atoms with van der Waals surface area (Å²) in [5.41, 5.74) is 2.86. The van der Waals surface area contributed by atoms with Crippen molar-refractivity contribution in [2.45, 2.75) is 32.7 Å². The highest BCUT2D eigenvalue weighted by atomic mass is 16.7. The van der Waals surface area contributed by atoms with E-state index in [0.29, 0.717) is 24.6 Å². The Balaban J connectivity index is 1.30. The molecule has 146 valence electrons. The summed E-state index contributed by atoms with van der Waals surface area (Å²) in [5, 5.41) is 5.91. The van der Waals surface area contributed by atoms with Crippen LogP contribution in [0.1, 0.15) is 37.3 Å². The normalized spacial score (nSPS) is 19.4. The average Bonchev–Trinajstić information content (AvgIpc) is 3.36. The summed E-state index contributed by atoms with van der Waals surface area (Å²) in [7, 11) is 0. The first-order valence-electron chi connectivity index (χ1n) is 9.59. The van der Waals surface area contributed by atoms with E-state index in [9.17, 15) is 9.59 Å². The van der Waals surface area contributed by atoms with Crippen LogP contribution in [0.15, 0.2) is 42.5 Å². The van der Waals surface area contributed by atoms with Crippen LogP contribution in [0.25, 0.3) is 0 Å². The van der Waals surface area contributed by atoms with E-state index in [-0.39, 0.29) is 30.4 Å². The highest BCUT2D eigenvalue weighted by Crippen LogP contribution is 2.40. The lowest BCUT2D eigenvalue weighted by Gasteiger charge is -2.13. The van der Waals surface area contributed by atoms with Crippen molar-refractivity contribution in [1.82, 2.24) is 5.32 Å².